The summed E-state index contributed by atoms with van der Waals surface area (Å²) in [4.78, 5) is 36.3. The standard InChI is InChI=1S/C19H20N4O3/c1-12-5-6-13(2)23(12)15-9-7-14(8-10-15)17(24)20-16-11-21(3)19(26)22(4)18(16)25/h5-11H,1-4H3,(H,20,24). The van der Waals surface area contributed by atoms with Crippen molar-refractivity contribution in [2.24, 2.45) is 14.1 Å². The molecule has 2 heterocycles. The Morgan fingerprint density at radius 3 is 2.08 bits per heavy atom. The summed E-state index contributed by atoms with van der Waals surface area (Å²) in [7, 11) is 2.89. The third-order valence-corrected chi connectivity index (χ3v) is 4.35. The number of amides is 1. The van der Waals surface area contributed by atoms with Crippen molar-refractivity contribution < 1.29 is 4.79 Å². The van der Waals surface area contributed by atoms with Crippen LogP contribution in [0.3, 0.4) is 0 Å². The first kappa shape index (κ1) is 17.5. The van der Waals surface area contributed by atoms with Gasteiger partial charge < -0.3 is 14.5 Å². The van der Waals surface area contributed by atoms with Crippen LogP contribution in [0.2, 0.25) is 0 Å². The summed E-state index contributed by atoms with van der Waals surface area (Å²) in [6.07, 6.45) is 1.32. The SMILES string of the molecule is Cc1ccc(C)n1-c1ccc(C(=O)Nc2cn(C)c(=O)n(C)c2=O)cc1. The predicted molar refractivity (Wildman–Crippen MR) is 100 cm³/mol. The molecule has 3 aromatic rings. The fourth-order valence-corrected chi connectivity index (χ4v) is 2.93. The largest absolute Gasteiger partial charge is 0.330 e. The van der Waals surface area contributed by atoms with Crippen LogP contribution >= 0.6 is 0 Å². The van der Waals surface area contributed by atoms with Crippen LogP contribution in [0.4, 0.5) is 5.69 Å². The molecule has 0 spiro atoms. The van der Waals surface area contributed by atoms with Gasteiger partial charge in [0, 0.05) is 42.9 Å². The zero-order valence-corrected chi connectivity index (χ0v) is 15.1. The Morgan fingerprint density at radius 1 is 0.923 bits per heavy atom. The lowest BCUT2D eigenvalue weighted by Crippen LogP contribution is -2.38. The van der Waals surface area contributed by atoms with Gasteiger partial charge in [-0.3, -0.25) is 14.2 Å². The third kappa shape index (κ3) is 2.99. The molecule has 0 aliphatic carbocycles. The second kappa shape index (κ2) is 6.51. The molecule has 0 radical (unpaired) electrons. The number of carbonyl (C=O) groups excluding carboxylic acids is 1. The smallest absolute Gasteiger partial charge is 0.319 e. The van der Waals surface area contributed by atoms with Crippen LogP contribution in [0.5, 0.6) is 0 Å². The monoisotopic (exact) mass is 352 g/mol. The molecule has 0 fully saturated rings. The van der Waals surface area contributed by atoms with E-state index in [-0.39, 0.29) is 5.69 Å². The molecule has 1 amide bonds. The normalized spacial score (nSPS) is 10.8. The number of hydrogen-bond acceptors (Lipinski definition) is 3. The number of nitrogens with zero attached hydrogens (tertiary/aromatic N) is 3. The Hall–Kier alpha value is -3.35. The molecule has 0 bridgehead atoms. The molecule has 0 unspecified atom stereocenters. The first-order valence-corrected chi connectivity index (χ1v) is 8.13. The zero-order chi connectivity index (χ0) is 19.0. The number of nitrogens with one attached hydrogen (secondary N) is 1. The molecular formula is C19H20N4O3. The molecule has 7 heteroatoms. The molecule has 0 aliphatic heterocycles. The molecule has 1 aromatic carbocycles. The van der Waals surface area contributed by atoms with Gasteiger partial charge in [0.1, 0.15) is 5.69 Å². The number of hydrogen-bond donors (Lipinski definition) is 1. The highest BCUT2D eigenvalue weighted by atomic mass is 16.2. The summed E-state index contributed by atoms with van der Waals surface area (Å²) in [5.41, 5.74) is 2.65. The van der Waals surface area contributed by atoms with Crippen LogP contribution in [0.25, 0.3) is 5.69 Å². The lowest BCUT2D eigenvalue weighted by Gasteiger charge is -2.11. The van der Waals surface area contributed by atoms with Crippen molar-refractivity contribution in [3.63, 3.8) is 0 Å². The first-order valence-electron chi connectivity index (χ1n) is 8.13. The molecule has 2 aromatic heterocycles. The van der Waals surface area contributed by atoms with E-state index in [0.29, 0.717) is 5.56 Å². The zero-order valence-electron chi connectivity index (χ0n) is 15.1. The summed E-state index contributed by atoms with van der Waals surface area (Å²) in [6.45, 7) is 4.03. The van der Waals surface area contributed by atoms with E-state index in [0.717, 1.165) is 21.6 Å². The van der Waals surface area contributed by atoms with Gasteiger partial charge in [0.2, 0.25) is 0 Å². The summed E-state index contributed by atoms with van der Waals surface area (Å²) in [5.74, 6) is -0.409. The molecule has 134 valence electrons. The molecule has 0 aliphatic rings. The van der Waals surface area contributed by atoms with E-state index in [9.17, 15) is 14.4 Å². The van der Waals surface area contributed by atoms with Crippen molar-refractivity contribution in [2.75, 3.05) is 5.32 Å². The second-order valence-electron chi connectivity index (χ2n) is 6.25. The number of benzene rings is 1. The second-order valence-corrected chi connectivity index (χ2v) is 6.25. The molecule has 0 atom stereocenters. The van der Waals surface area contributed by atoms with E-state index in [1.807, 2.05) is 38.1 Å². The Bertz CT molecular complexity index is 1080. The minimum Gasteiger partial charge on any atom is -0.319 e. The molecule has 0 saturated heterocycles. The highest BCUT2D eigenvalue weighted by Crippen LogP contribution is 2.17. The highest BCUT2D eigenvalue weighted by molar-refractivity contribution is 6.04. The molecule has 26 heavy (non-hydrogen) atoms. The van der Waals surface area contributed by atoms with E-state index >= 15 is 0 Å². The van der Waals surface area contributed by atoms with E-state index in [4.69, 9.17) is 0 Å². The van der Waals surface area contributed by atoms with E-state index in [2.05, 4.69) is 9.88 Å². The summed E-state index contributed by atoms with van der Waals surface area (Å²) in [6, 6.07) is 11.2. The van der Waals surface area contributed by atoms with Crippen LogP contribution in [0.1, 0.15) is 21.7 Å². The van der Waals surface area contributed by atoms with Crippen molar-refractivity contribution in [3.8, 4) is 5.69 Å². The van der Waals surface area contributed by atoms with E-state index < -0.39 is 17.2 Å². The van der Waals surface area contributed by atoms with Crippen molar-refractivity contribution >= 4 is 11.6 Å². The van der Waals surface area contributed by atoms with Gasteiger partial charge in [-0.15, -0.1) is 0 Å². The lowest BCUT2D eigenvalue weighted by atomic mass is 10.2. The minimum atomic E-state index is -0.545. The Balaban J connectivity index is 1.88. The minimum absolute atomic E-state index is 0.0563. The van der Waals surface area contributed by atoms with Gasteiger partial charge in [-0.05, 0) is 50.2 Å². The van der Waals surface area contributed by atoms with Crippen LogP contribution in [0.15, 0.2) is 52.2 Å². The highest BCUT2D eigenvalue weighted by Gasteiger charge is 2.12. The first-order chi connectivity index (χ1) is 12.3. The summed E-state index contributed by atoms with van der Waals surface area (Å²) in [5, 5.41) is 2.57. The number of anilines is 1. The maximum absolute atomic E-state index is 12.5. The third-order valence-electron chi connectivity index (χ3n) is 4.35. The maximum atomic E-state index is 12.5. The molecule has 7 nitrogen and oxygen atoms in total. The maximum Gasteiger partial charge on any atom is 0.330 e. The van der Waals surface area contributed by atoms with Crippen LogP contribution in [-0.4, -0.2) is 19.6 Å². The van der Waals surface area contributed by atoms with Gasteiger partial charge in [-0.1, -0.05) is 0 Å². The fourth-order valence-electron chi connectivity index (χ4n) is 2.93. The average molecular weight is 352 g/mol. The predicted octanol–water partition coefficient (Wildman–Crippen LogP) is 1.74. The van der Waals surface area contributed by atoms with Crippen LogP contribution in [0, 0.1) is 13.8 Å². The fraction of sp³-hybridized carbons (Fsp3) is 0.211. The number of rotatable bonds is 3. The van der Waals surface area contributed by atoms with E-state index in [1.165, 1.54) is 24.9 Å². The Kier molecular flexibility index (Phi) is 4.38. The van der Waals surface area contributed by atoms with Gasteiger partial charge in [0.05, 0.1) is 0 Å². The molecule has 1 N–H and O–H groups in total. The van der Waals surface area contributed by atoms with Crippen molar-refractivity contribution in [1.82, 2.24) is 13.7 Å². The van der Waals surface area contributed by atoms with Gasteiger partial charge in [-0.2, -0.15) is 0 Å². The Morgan fingerprint density at radius 2 is 1.50 bits per heavy atom. The van der Waals surface area contributed by atoms with Gasteiger partial charge >= 0.3 is 5.69 Å². The lowest BCUT2D eigenvalue weighted by molar-refractivity contribution is 0.102. The summed E-state index contributed by atoms with van der Waals surface area (Å²) >= 11 is 0. The topological polar surface area (TPSA) is 78.0 Å². The van der Waals surface area contributed by atoms with E-state index in [1.54, 1.807) is 12.1 Å². The number of carbonyl (C=O) groups is 1. The number of aryl methyl sites for hydroxylation is 3. The molecule has 3 rings (SSSR count). The molecular weight excluding hydrogens is 332 g/mol. The van der Waals surface area contributed by atoms with Crippen LogP contribution in [-0.2, 0) is 14.1 Å². The summed E-state index contributed by atoms with van der Waals surface area (Å²) < 4.78 is 4.29. The average Bonchev–Trinajstić information content (AvgIpc) is 2.96. The number of aromatic nitrogens is 3. The Labute approximate surface area is 150 Å². The van der Waals surface area contributed by atoms with Gasteiger partial charge in [0.25, 0.3) is 11.5 Å². The van der Waals surface area contributed by atoms with Gasteiger partial charge in [-0.25, -0.2) is 4.79 Å². The van der Waals surface area contributed by atoms with Crippen LogP contribution < -0.4 is 16.6 Å². The molecule has 0 saturated carbocycles. The van der Waals surface area contributed by atoms with Gasteiger partial charge in [0.15, 0.2) is 0 Å². The van der Waals surface area contributed by atoms with Crippen molar-refractivity contribution in [3.05, 3.63) is 80.4 Å². The van der Waals surface area contributed by atoms with Crippen molar-refractivity contribution in [1.29, 1.82) is 0 Å². The quantitative estimate of drug-likeness (QED) is 0.780. The van der Waals surface area contributed by atoms with Crippen molar-refractivity contribution in [2.45, 2.75) is 13.8 Å².